The zero-order chi connectivity index (χ0) is 35.7. The summed E-state index contributed by atoms with van der Waals surface area (Å²) in [4.78, 5) is 23.6. The molecule has 0 aromatic heterocycles. The molecule has 4 saturated carbocycles. The lowest BCUT2D eigenvalue weighted by Gasteiger charge is -2.76. The van der Waals surface area contributed by atoms with E-state index in [-0.39, 0.29) is 37.8 Å². The van der Waals surface area contributed by atoms with Crippen molar-refractivity contribution >= 4 is 5.97 Å². The highest BCUT2D eigenvalue weighted by Gasteiger charge is 2.85. The molecule has 278 valence electrons. The van der Waals surface area contributed by atoms with Gasteiger partial charge >= 0.3 is 5.97 Å². The van der Waals surface area contributed by atoms with Gasteiger partial charge in [-0.1, -0.05) is 48.5 Å². The lowest BCUT2D eigenvalue weighted by atomic mass is 9.35. The molecule has 4 aliphatic carbocycles. The smallest absolute Gasteiger partial charge is 0.331 e. The Morgan fingerprint density at radius 1 is 0.918 bits per heavy atom. The van der Waals surface area contributed by atoms with Crippen LogP contribution in [0.2, 0.25) is 0 Å². The van der Waals surface area contributed by atoms with Gasteiger partial charge in [0, 0.05) is 35.7 Å². The molecule has 0 radical (unpaired) electrons. The molecule has 5 N–H and O–H groups in total. The summed E-state index contributed by atoms with van der Waals surface area (Å²) < 4.78 is 22.2. The van der Waals surface area contributed by atoms with Crippen LogP contribution in [-0.4, -0.2) is 104 Å². The highest BCUT2D eigenvalue weighted by molar-refractivity contribution is 5.85. The molecule has 12 nitrogen and oxygen atoms in total. The van der Waals surface area contributed by atoms with Gasteiger partial charge in [0.15, 0.2) is 18.2 Å². The Morgan fingerprint density at radius 3 is 2.18 bits per heavy atom. The van der Waals surface area contributed by atoms with Crippen LogP contribution < -0.4 is 0 Å². The van der Waals surface area contributed by atoms with E-state index in [1.807, 2.05) is 13.8 Å². The fourth-order valence-corrected chi connectivity index (χ4v) is 11.8. The Kier molecular flexibility index (Phi) is 8.61. The van der Waals surface area contributed by atoms with E-state index in [0.29, 0.717) is 25.7 Å². The average Bonchev–Trinajstić information content (AvgIpc) is 3.58. The molecule has 7 fully saturated rings. The summed E-state index contributed by atoms with van der Waals surface area (Å²) in [6.45, 7) is 17.4. The number of rotatable bonds is 5. The quantitative estimate of drug-likeness (QED) is 0.123. The summed E-state index contributed by atoms with van der Waals surface area (Å²) in [5.41, 5.74) is -6.07. The third-order valence-electron chi connectivity index (χ3n) is 14.8. The van der Waals surface area contributed by atoms with Gasteiger partial charge in [0.25, 0.3) is 0 Å². The molecule has 1 spiro atoms. The summed E-state index contributed by atoms with van der Waals surface area (Å²) >= 11 is 0. The largest absolute Gasteiger partial charge is 0.458 e. The topological polar surface area (TPSA) is 177 Å². The van der Waals surface area contributed by atoms with E-state index in [0.717, 1.165) is 23.3 Å². The Balaban J connectivity index is 0.000000424. The molecular weight excluding hydrogens is 636 g/mol. The molecule has 4 aliphatic heterocycles. The van der Waals surface area contributed by atoms with Crippen LogP contribution in [0, 0.1) is 40.4 Å². The van der Waals surface area contributed by atoms with Gasteiger partial charge < -0.3 is 44.5 Å². The van der Waals surface area contributed by atoms with Crippen LogP contribution in [0.3, 0.4) is 0 Å². The van der Waals surface area contributed by atoms with E-state index in [2.05, 4.69) is 34.6 Å². The average molecular weight is 695 g/mol. The molecular formula is C37H58O12. The Labute approximate surface area is 289 Å². The van der Waals surface area contributed by atoms with Gasteiger partial charge in [0.05, 0.1) is 17.3 Å². The van der Waals surface area contributed by atoms with Crippen molar-refractivity contribution < 1.29 is 59.0 Å². The predicted molar refractivity (Wildman–Crippen MR) is 173 cm³/mol. The second-order valence-electron chi connectivity index (χ2n) is 18.1. The number of aliphatic hydroxyl groups is 5. The second kappa shape index (κ2) is 11.7. The van der Waals surface area contributed by atoms with Gasteiger partial charge in [-0.2, -0.15) is 0 Å². The maximum atomic E-state index is 12.8. The number of esters is 1. The minimum absolute atomic E-state index is 0.132. The van der Waals surface area contributed by atoms with Crippen molar-refractivity contribution in [3.8, 4) is 0 Å². The number of cyclic esters (lactones) is 1. The van der Waals surface area contributed by atoms with Crippen molar-refractivity contribution in [2.75, 3.05) is 6.61 Å². The first-order chi connectivity index (χ1) is 22.7. The summed E-state index contributed by atoms with van der Waals surface area (Å²) in [5, 5.41) is 58.3. The van der Waals surface area contributed by atoms with Gasteiger partial charge in [-0.05, 0) is 68.3 Å². The van der Waals surface area contributed by atoms with E-state index in [9.17, 15) is 30.3 Å². The lowest BCUT2D eigenvalue weighted by molar-refractivity contribution is -0.584. The molecule has 49 heavy (non-hydrogen) atoms. The number of ether oxygens (including phenoxy) is 4. The predicted octanol–water partition coefficient (Wildman–Crippen LogP) is 2.90. The van der Waals surface area contributed by atoms with Crippen LogP contribution >= 0.6 is 0 Å². The van der Waals surface area contributed by atoms with Crippen LogP contribution in [0.1, 0.15) is 100 Å². The van der Waals surface area contributed by atoms with Crippen molar-refractivity contribution in [2.24, 2.45) is 40.4 Å². The zero-order valence-corrected chi connectivity index (χ0v) is 30.3. The normalized spacial score (nSPS) is 54.1. The first-order valence-electron chi connectivity index (χ1n) is 18.5. The first kappa shape index (κ1) is 36.2. The second-order valence-corrected chi connectivity index (χ2v) is 18.1. The number of carbonyl (C=O) groups excluding carboxylic acids is 1. The molecule has 15 atom stereocenters. The van der Waals surface area contributed by atoms with Crippen LogP contribution in [0.25, 0.3) is 0 Å². The molecule has 8 rings (SSSR count). The Hall–Kier alpha value is -1.19. The molecule has 0 amide bonds. The SMILES string of the molecule is CC(C)C(C)C(C)C.CC12C[C@@](C)(O)[C@H]3C(C)(CCC4(O)CC(OC5OC6OC6C(O)C5O)CC5OOC534)C1(O)CCC2C1=CC(=O)OC1. The number of fused-ring (bicyclic) bond motifs is 4. The molecule has 0 aromatic carbocycles. The van der Waals surface area contributed by atoms with Crippen LogP contribution in [0.4, 0.5) is 0 Å². The molecule has 12 heteroatoms. The van der Waals surface area contributed by atoms with Gasteiger partial charge in [-0.3, -0.25) is 0 Å². The van der Waals surface area contributed by atoms with Gasteiger partial charge in [0.2, 0.25) is 0 Å². The summed E-state index contributed by atoms with van der Waals surface area (Å²) in [6, 6.07) is 0. The highest BCUT2D eigenvalue weighted by Crippen LogP contribution is 2.77. The maximum absolute atomic E-state index is 12.8. The third-order valence-corrected chi connectivity index (χ3v) is 14.8. The van der Waals surface area contributed by atoms with Crippen LogP contribution in [-0.2, 0) is 33.5 Å². The van der Waals surface area contributed by atoms with E-state index < -0.39 is 82.3 Å². The summed E-state index contributed by atoms with van der Waals surface area (Å²) in [5.74, 6) is 1.37. The standard InChI is InChI=1S/C29H40O12.C8H18/c1-24-6-7-27(34)10-14(37-21-19(32)18(31)20-22(38-20)39-21)9-16-29(27,41-40-16)23(24)26(3,33)12-25(2)15(4-5-28(24,25)35)13-8-17(30)36-11-13;1-6(2)8(5)7(3)4/h8,14-16,18-23,31-35H,4-7,9-12H2,1-3H3;6-8H,1-5H3/t14?,15?,16?,18?,19?,20?,21?,22?,23-,24?,25?,26-,27?,28?,29?;/m1./s1. The van der Waals surface area contributed by atoms with E-state index in [4.69, 9.17) is 28.7 Å². The lowest BCUT2D eigenvalue weighted by Crippen LogP contribution is -2.87. The van der Waals surface area contributed by atoms with Crippen molar-refractivity contribution in [3.05, 3.63) is 11.6 Å². The number of carbonyl (C=O) groups is 1. The van der Waals surface area contributed by atoms with Crippen molar-refractivity contribution in [1.82, 2.24) is 0 Å². The summed E-state index contributed by atoms with van der Waals surface area (Å²) in [7, 11) is 0. The molecule has 0 aromatic rings. The monoisotopic (exact) mass is 694 g/mol. The van der Waals surface area contributed by atoms with Gasteiger partial charge in [-0.15, -0.1) is 0 Å². The Bertz CT molecular complexity index is 1340. The van der Waals surface area contributed by atoms with Crippen LogP contribution in [0.15, 0.2) is 11.6 Å². The van der Waals surface area contributed by atoms with Crippen LogP contribution in [0.5, 0.6) is 0 Å². The number of epoxide rings is 1. The molecule has 3 saturated heterocycles. The van der Waals surface area contributed by atoms with Crippen molar-refractivity contribution in [3.63, 3.8) is 0 Å². The minimum Gasteiger partial charge on any atom is -0.458 e. The Morgan fingerprint density at radius 2 is 1.61 bits per heavy atom. The highest BCUT2D eigenvalue weighted by atomic mass is 17.3. The number of aliphatic hydroxyl groups excluding tert-OH is 2. The number of hydrogen-bond acceptors (Lipinski definition) is 12. The van der Waals surface area contributed by atoms with Crippen molar-refractivity contribution in [1.29, 1.82) is 0 Å². The maximum Gasteiger partial charge on any atom is 0.331 e. The number of hydrogen-bond donors (Lipinski definition) is 5. The minimum atomic E-state index is -1.46. The molecule has 4 heterocycles. The summed E-state index contributed by atoms with van der Waals surface area (Å²) in [6.07, 6.45) is -1.94. The van der Waals surface area contributed by atoms with Gasteiger partial charge in [-0.25, -0.2) is 14.6 Å². The van der Waals surface area contributed by atoms with Crippen molar-refractivity contribution in [2.45, 2.75) is 166 Å². The first-order valence-corrected chi connectivity index (χ1v) is 18.5. The van der Waals surface area contributed by atoms with Gasteiger partial charge in [0.1, 0.15) is 36.6 Å². The fraction of sp³-hybridized carbons (Fsp3) is 0.919. The zero-order valence-electron chi connectivity index (χ0n) is 30.3. The molecule has 0 bridgehead atoms. The fourth-order valence-electron chi connectivity index (χ4n) is 11.8. The third kappa shape index (κ3) is 5.02. The van der Waals surface area contributed by atoms with E-state index in [1.54, 1.807) is 6.92 Å². The van der Waals surface area contributed by atoms with E-state index >= 15 is 0 Å². The molecule has 8 aliphatic rings. The molecule has 13 unspecified atom stereocenters. The van der Waals surface area contributed by atoms with E-state index in [1.165, 1.54) is 6.08 Å².